The second kappa shape index (κ2) is 4.13. The van der Waals surface area contributed by atoms with Crippen molar-refractivity contribution in [2.45, 2.75) is 20.5 Å². The van der Waals surface area contributed by atoms with E-state index >= 15 is 0 Å². The Morgan fingerprint density at radius 3 is 2.80 bits per heavy atom. The number of hydrogen-bond acceptors (Lipinski definition) is 3. The van der Waals surface area contributed by atoms with Crippen molar-refractivity contribution >= 4 is 11.3 Å². The SMILES string of the molecule is Cc1ccc(C)c(-c2csc(CO)n2)c1. The second-order valence-corrected chi connectivity index (χ2v) is 4.55. The fourth-order valence-electron chi connectivity index (χ4n) is 1.52. The molecule has 1 aromatic carbocycles. The predicted octanol–water partition coefficient (Wildman–Crippen LogP) is 2.92. The lowest BCUT2D eigenvalue weighted by Crippen LogP contribution is -1.86. The van der Waals surface area contributed by atoms with Gasteiger partial charge in [-0.2, -0.15) is 0 Å². The molecule has 1 N–H and O–H groups in total. The molecule has 0 unspecified atom stereocenters. The van der Waals surface area contributed by atoms with Crippen LogP contribution in [0.5, 0.6) is 0 Å². The highest BCUT2D eigenvalue weighted by molar-refractivity contribution is 7.09. The van der Waals surface area contributed by atoms with Gasteiger partial charge in [-0.1, -0.05) is 17.7 Å². The number of aliphatic hydroxyl groups is 1. The Morgan fingerprint density at radius 1 is 1.33 bits per heavy atom. The number of aryl methyl sites for hydroxylation is 2. The quantitative estimate of drug-likeness (QED) is 0.842. The van der Waals surface area contributed by atoms with Gasteiger partial charge in [0.2, 0.25) is 0 Å². The average Bonchev–Trinajstić information content (AvgIpc) is 2.70. The van der Waals surface area contributed by atoms with E-state index in [-0.39, 0.29) is 6.61 Å². The molecule has 2 aromatic rings. The monoisotopic (exact) mass is 219 g/mol. The van der Waals surface area contributed by atoms with E-state index in [0.29, 0.717) is 0 Å². The molecule has 2 nitrogen and oxygen atoms in total. The number of aromatic nitrogens is 1. The number of hydrogen-bond donors (Lipinski definition) is 1. The Kier molecular flexibility index (Phi) is 2.84. The van der Waals surface area contributed by atoms with Crippen LogP contribution in [0.25, 0.3) is 11.3 Å². The van der Waals surface area contributed by atoms with Crippen LogP contribution >= 0.6 is 11.3 Å². The molecule has 0 bridgehead atoms. The minimum absolute atomic E-state index is 0.0233. The van der Waals surface area contributed by atoms with E-state index in [4.69, 9.17) is 5.11 Å². The van der Waals surface area contributed by atoms with Gasteiger partial charge in [-0.05, 0) is 25.5 Å². The van der Waals surface area contributed by atoms with Crippen LogP contribution in [0.15, 0.2) is 23.6 Å². The van der Waals surface area contributed by atoms with Gasteiger partial charge in [0.1, 0.15) is 5.01 Å². The van der Waals surface area contributed by atoms with Crippen molar-refractivity contribution in [2.24, 2.45) is 0 Å². The minimum Gasteiger partial charge on any atom is -0.389 e. The van der Waals surface area contributed by atoms with E-state index in [9.17, 15) is 0 Å². The van der Waals surface area contributed by atoms with E-state index in [1.54, 1.807) is 0 Å². The first kappa shape index (κ1) is 10.3. The third kappa shape index (κ3) is 2.08. The Hall–Kier alpha value is -1.19. The molecule has 0 aliphatic heterocycles. The Labute approximate surface area is 93.2 Å². The van der Waals surface area contributed by atoms with Crippen molar-refractivity contribution in [1.29, 1.82) is 0 Å². The van der Waals surface area contributed by atoms with Crippen LogP contribution in [-0.2, 0) is 6.61 Å². The fourth-order valence-corrected chi connectivity index (χ4v) is 2.17. The first-order chi connectivity index (χ1) is 7.20. The molecule has 2 rings (SSSR count). The molecule has 3 heteroatoms. The van der Waals surface area contributed by atoms with Crippen LogP contribution in [0.2, 0.25) is 0 Å². The minimum atomic E-state index is 0.0233. The average molecular weight is 219 g/mol. The van der Waals surface area contributed by atoms with E-state index in [2.05, 4.69) is 37.0 Å². The van der Waals surface area contributed by atoms with Crippen LogP contribution in [0.3, 0.4) is 0 Å². The Bertz CT molecular complexity index is 476. The summed E-state index contributed by atoms with van der Waals surface area (Å²) in [6.07, 6.45) is 0. The molecule has 0 aliphatic rings. The van der Waals surface area contributed by atoms with E-state index in [1.165, 1.54) is 22.5 Å². The molecule has 15 heavy (non-hydrogen) atoms. The molecule has 0 radical (unpaired) electrons. The van der Waals surface area contributed by atoms with Crippen molar-refractivity contribution < 1.29 is 5.11 Å². The Balaban J connectivity index is 2.48. The number of aliphatic hydroxyl groups excluding tert-OH is 1. The van der Waals surface area contributed by atoms with Gasteiger partial charge in [-0.3, -0.25) is 0 Å². The highest BCUT2D eigenvalue weighted by Gasteiger charge is 2.06. The van der Waals surface area contributed by atoms with Crippen LogP contribution < -0.4 is 0 Å². The maximum absolute atomic E-state index is 8.97. The van der Waals surface area contributed by atoms with Gasteiger partial charge in [0.25, 0.3) is 0 Å². The van der Waals surface area contributed by atoms with Crippen LogP contribution in [0.4, 0.5) is 0 Å². The standard InChI is InChI=1S/C12H13NOS/c1-8-3-4-9(2)10(5-8)11-7-15-12(6-14)13-11/h3-5,7,14H,6H2,1-2H3. The van der Waals surface area contributed by atoms with Gasteiger partial charge in [0, 0.05) is 10.9 Å². The van der Waals surface area contributed by atoms with Crippen LogP contribution in [0.1, 0.15) is 16.1 Å². The summed E-state index contributed by atoms with van der Waals surface area (Å²) >= 11 is 1.50. The summed E-state index contributed by atoms with van der Waals surface area (Å²) in [6.45, 7) is 4.17. The zero-order valence-electron chi connectivity index (χ0n) is 8.82. The molecule has 0 atom stereocenters. The number of thiazole rings is 1. The molecule has 0 aliphatic carbocycles. The first-order valence-electron chi connectivity index (χ1n) is 4.83. The normalized spacial score (nSPS) is 10.6. The molecule has 0 spiro atoms. The fraction of sp³-hybridized carbons (Fsp3) is 0.250. The summed E-state index contributed by atoms with van der Waals surface area (Å²) in [7, 11) is 0. The third-order valence-corrected chi connectivity index (χ3v) is 3.19. The third-order valence-electron chi connectivity index (χ3n) is 2.36. The predicted molar refractivity (Wildman–Crippen MR) is 62.9 cm³/mol. The summed E-state index contributed by atoms with van der Waals surface area (Å²) in [5.74, 6) is 0. The molecule has 0 amide bonds. The van der Waals surface area contributed by atoms with Crippen molar-refractivity contribution in [3.8, 4) is 11.3 Å². The van der Waals surface area contributed by atoms with Crippen LogP contribution in [-0.4, -0.2) is 10.1 Å². The number of rotatable bonds is 2. The van der Waals surface area contributed by atoms with Crippen molar-refractivity contribution in [2.75, 3.05) is 0 Å². The summed E-state index contributed by atoms with van der Waals surface area (Å²) in [6, 6.07) is 6.33. The smallest absolute Gasteiger partial charge is 0.119 e. The molecule has 1 heterocycles. The lowest BCUT2D eigenvalue weighted by molar-refractivity contribution is 0.281. The molecule has 0 saturated carbocycles. The van der Waals surface area contributed by atoms with Crippen molar-refractivity contribution in [3.63, 3.8) is 0 Å². The summed E-state index contributed by atoms with van der Waals surface area (Å²) in [4.78, 5) is 4.37. The second-order valence-electron chi connectivity index (χ2n) is 3.60. The van der Waals surface area contributed by atoms with E-state index < -0.39 is 0 Å². The maximum Gasteiger partial charge on any atom is 0.119 e. The van der Waals surface area contributed by atoms with Gasteiger partial charge in [-0.25, -0.2) is 4.98 Å². The lowest BCUT2D eigenvalue weighted by Gasteiger charge is -2.03. The zero-order valence-corrected chi connectivity index (χ0v) is 9.64. The molecule has 1 aromatic heterocycles. The highest BCUT2D eigenvalue weighted by atomic mass is 32.1. The number of benzene rings is 1. The number of nitrogens with zero attached hydrogens (tertiary/aromatic N) is 1. The molecule has 78 valence electrons. The van der Waals surface area contributed by atoms with Gasteiger partial charge in [-0.15, -0.1) is 11.3 Å². The summed E-state index contributed by atoms with van der Waals surface area (Å²) in [5, 5.41) is 11.7. The van der Waals surface area contributed by atoms with Gasteiger partial charge in [0.15, 0.2) is 0 Å². The van der Waals surface area contributed by atoms with E-state index in [1.807, 2.05) is 5.38 Å². The Morgan fingerprint density at radius 2 is 2.13 bits per heavy atom. The largest absolute Gasteiger partial charge is 0.389 e. The topological polar surface area (TPSA) is 33.1 Å². The van der Waals surface area contributed by atoms with Gasteiger partial charge < -0.3 is 5.11 Å². The highest BCUT2D eigenvalue weighted by Crippen LogP contribution is 2.25. The van der Waals surface area contributed by atoms with Crippen LogP contribution in [0, 0.1) is 13.8 Å². The van der Waals surface area contributed by atoms with Crippen molar-refractivity contribution in [3.05, 3.63) is 39.7 Å². The van der Waals surface area contributed by atoms with Gasteiger partial charge >= 0.3 is 0 Å². The molecule has 0 fully saturated rings. The maximum atomic E-state index is 8.97. The van der Waals surface area contributed by atoms with Gasteiger partial charge in [0.05, 0.1) is 12.3 Å². The molecular formula is C12H13NOS. The van der Waals surface area contributed by atoms with Crippen molar-refractivity contribution in [1.82, 2.24) is 4.98 Å². The lowest BCUT2D eigenvalue weighted by atomic mass is 10.0. The van der Waals surface area contributed by atoms with E-state index in [0.717, 1.165) is 16.3 Å². The summed E-state index contributed by atoms with van der Waals surface area (Å²) < 4.78 is 0. The molecular weight excluding hydrogens is 206 g/mol. The zero-order chi connectivity index (χ0) is 10.8. The first-order valence-corrected chi connectivity index (χ1v) is 5.71. The molecule has 0 saturated heterocycles. The summed E-state index contributed by atoms with van der Waals surface area (Å²) in [5.41, 5.74) is 4.57.